The average Bonchev–Trinajstić information content (AvgIpc) is 2.87. The minimum atomic E-state index is -0.524. The van der Waals surface area contributed by atoms with Crippen LogP contribution >= 0.6 is 0 Å². The third kappa shape index (κ3) is 1.35. The first-order valence-electron chi connectivity index (χ1n) is 5.41. The van der Waals surface area contributed by atoms with Crippen LogP contribution in [0.3, 0.4) is 0 Å². The molecule has 0 aromatic heterocycles. The fourth-order valence-electron chi connectivity index (χ4n) is 2.13. The Labute approximate surface area is 98.1 Å². The number of imide groups is 1. The lowest BCUT2D eigenvalue weighted by Gasteiger charge is -2.15. The fraction of sp³-hybridized carbons (Fsp3) is 0.250. The van der Waals surface area contributed by atoms with Crippen molar-refractivity contribution < 1.29 is 9.59 Å². The summed E-state index contributed by atoms with van der Waals surface area (Å²) in [5.41, 5.74) is 4.38. The van der Waals surface area contributed by atoms with E-state index in [1.807, 2.05) is 19.1 Å². The molecule has 0 bridgehead atoms. The summed E-state index contributed by atoms with van der Waals surface area (Å²) >= 11 is 0. The summed E-state index contributed by atoms with van der Waals surface area (Å²) < 4.78 is 0. The number of hydrogen-bond donors (Lipinski definition) is 1. The lowest BCUT2D eigenvalue weighted by Crippen LogP contribution is -2.36. The van der Waals surface area contributed by atoms with Crippen LogP contribution in [0.4, 0.5) is 5.69 Å². The van der Waals surface area contributed by atoms with E-state index in [9.17, 15) is 9.59 Å². The molecule has 2 aliphatic rings. The molecule has 0 aliphatic carbocycles. The summed E-state index contributed by atoms with van der Waals surface area (Å²) in [6.07, 6.45) is 1.50. The molecule has 2 amide bonds. The van der Waals surface area contributed by atoms with E-state index in [1.54, 1.807) is 12.1 Å². The zero-order valence-corrected chi connectivity index (χ0v) is 9.25. The summed E-state index contributed by atoms with van der Waals surface area (Å²) in [7, 11) is 0. The zero-order valence-electron chi connectivity index (χ0n) is 9.25. The standard InChI is InChI=1S/C12H11N3O2/c1-7-2-4-8(5-3-7)15-11(16)9-6-13-14-10(9)12(15)17/h2-6,9-10,14H,1H3/t9-,10+/m0/s1. The van der Waals surface area contributed by atoms with E-state index in [2.05, 4.69) is 10.5 Å². The van der Waals surface area contributed by atoms with E-state index in [-0.39, 0.29) is 11.8 Å². The molecule has 1 aromatic carbocycles. The molecule has 1 fully saturated rings. The Balaban J connectivity index is 1.99. The number of anilines is 1. The molecule has 0 unspecified atom stereocenters. The molecule has 86 valence electrons. The monoisotopic (exact) mass is 229 g/mol. The maximum atomic E-state index is 12.1. The van der Waals surface area contributed by atoms with Gasteiger partial charge in [-0.2, -0.15) is 5.10 Å². The summed E-state index contributed by atoms with van der Waals surface area (Å²) in [5.74, 6) is -0.900. The first kappa shape index (κ1) is 10.0. The Morgan fingerprint density at radius 3 is 2.53 bits per heavy atom. The van der Waals surface area contributed by atoms with Gasteiger partial charge < -0.3 is 0 Å². The number of carbonyl (C=O) groups excluding carboxylic acids is 2. The number of carbonyl (C=O) groups is 2. The molecule has 1 N–H and O–H groups in total. The van der Waals surface area contributed by atoms with Crippen LogP contribution < -0.4 is 10.3 Å². The van der Waals surface area contributed by atoms with Gasteiger partial charge in [-0.25, -0.2) is 4.90 Å². The molecule has 3 rings (SSSR count). The molecule has 1 saturated heterocycles. The van der Waals surface area contributed by atoms with E-state index < -0.39 is 12.0 Å². The van der Waals surface area contributed by atoms with Crippen LogP contribution in [0, 0.1) is 12.8 Å². The Bertz CT molecular complexity index is 521. The van der Waals surface area contributed by atoms with Gasteiger partial charge >= 0.3 is 0 Å². The SMILES string of the molecule is Cc1ccc(N2C(=O)[C@H]3C=NN[C@H]3C2=O)cc1. The highest BCUT2D eigenvalue weighted by molar-refractivity contribution is 6.28. The van der Waals surface area contributed by atoms with Crippen molar-refractivity contribution in [3.05, 3.63) is 29.8 Å². The van der Waals surface area contributed by atoms with Gasteiger partial charge in [-0.3, -0.25) is 15.0 Å². The van der Waals surface area contributed by atoms with E-state index in [4.69, 9.17) is 0 Å². The van der Waals surface area contributed by atoms with Crippen molar-refractivity contribution in [1.82, 2.24) is 5.43 Å². The highest BCUT2D eigenvalue weighted by Gasteiger charge is 2.49. The molecule has 2 heterocycles. The van der Waals surface area contributed by atoms with Gasteiger partial charge in [0.1, 0.15) is 12.0 Å². The van der Waals surface area contributed by atoms with Gasteiger partial charge in [0.05, 0.1) is 5.69 Å². The van der Waals surface area contributed by atoms with Gasteiger partial charge in [0.25, 0.3) is 5.91 Å². The second kappa shape index (κ2) is 3.41. The van der Waals surface area contributed by atoms with Crippen molar-refractivity contribution in [3.63, 3.8) is 0 Å². The zero-order chi connectivity index (χ0) is 12.0. The smallest absolute Gasteiger partial charge is 0.259 e. The van der Waals surface area contributed by atoms with Crippen molar-refractivity contribution in [2.45, 2.75) is 13.0 Å². The van der Waals surface area contributed by atoms with Gasteiger partial charge in [0, 0.05) is 6.21 Å². The minimum absolute atomic E-state index is 0.211. The molecular weight excluding hydrogens is 218 g/mol. The summed E-state index contributed by atoms with van der Waals surface area (Å²) in [6.45, 7) is 1.96. The summed E-state index contributed by atoms with van der Waals surface area (Å²) in [4.78, 5) is 25.3. The van der Waals surface area contributed by atoms with Crippen LogP contribution in [0.1, 0.15) is 5.56 Å². The van der Waals surface area contributed by atoms with Crippen molar-refractivity contribution in [2.75, 3.05) is 4.90 Å². The highest BCUT2D eigenvalue weighted by atomic mass is 16.2. The third-order valence-electron chi connectivity index (χ3n) is 3.09. The minimum Gasteiger partial charge on any atom is -0.297 e. The molecule has 5 nitrogen and oxygen atoms in total. The van der Waals surface area contributed by atoms with Gasteiger partial charge in [-0.1, -0.05) is 17.7 Å². The van der Waals surface area contributed by atoms with E-state index in [0.29, 0.717) is 5.69 Å². The largest absolute Gasteiger partial charge is 0.297 e. The average molecular weight is 229 g/mol. The van der Waals surface area contributed by atoms with Crippen LogP contribution in [0.25, 0.3) is 0 Å². The quantitative estimate of drug-likeness (QED) is 0.711. The molecule has 0 saturated carbocycles. The molecular formula is C12H11N3O2. The number of aryl methyl sites for hydroxylation is 1. The number of fused-ring (bicyclic) bond motifs is 1. The summed E-state index contributed by atoms with van der Waals surface area (Å²) in [5, 5.41) is 3.77. The highest BCUT2D eigenvalue weighted by Crippen LogP contribution is 2.27. The second-order valence-corrected chi connectivity index (χ2v) is 4.26. The van der Waals surface area contributed by atoms with Crippen LogP contribution in [0.15, 0.2) is 29.4 Å². The van der Waals surface area contributed by atoms with Gasteiger partial charge in [0.15, 0.2) is 0 Å². The van der Waals surface area contributed by atoms with Crippen molar-refractivity contribution >= 4 is 23.7 Å². The predicted octanol–water partition coefficient (Wildman–Crippen LogP) is 0.442. The first-order valence-corrected chi connectivity index (χ1v) is 5.41. The molecule has 5 heteroatoms. The van der Waals surface area contributed by atoms with Crippen LogP contribution in [-0.2, 0) is 9.59 Å². The number of nitrogens with one attached hydrogen (secondary N) is 1. The fourth-order valence-corrected chi connectivity index (χ4v) is 2.13. The number of amides is 2. The van der Waals surface area contributed by atoms with Crippen molar-refractivity contribution in [1.29, 1.82) is 0 Å². The molecule has 1 aromatic rings. The van der Waals surface area contributed by atoms with E-state index in [1.165, 1.54) is 11.1 Å². The van der Waals surface area contributed by atoms with Crippen molar-refractivity contribution in [3.8, 4) is 0 Å². The van der Waals surface area contributed by atoms with Gasteiger partial charge in [0.2, 0.25) is 5.91 Å². The Kier molecular flexibility index (Phi) is 2.01. The number of hydrogen-bond acceptors (Lipinski definition) is 4. The van der Waals surface area contributed by atoms with Crippen LogP contribution in [0.2, 0.25) is 0 Å². The number of benzene rings is 1. The molecule has 2 aliphatic heterocycles. The topological polar surface area (TPSA) is 61.8 Å². The Morgan fingerprint density at radius 1 is 1.18 bits per heavy atom. The van der Waals surface area contributed by atoms with Crippen molar-refractivity contribution in [2.24, 2.45) is 11.0 Å². The predicted molar refractivity (Wildman–Crippen MR) is 62.6 cm³/mol. The van der Waals surface area contributed by atoms with E-state index >= 15 is 0 Å². The van der Waals surface area contributed by atoms with Gasteiger partial charge in [-0.15, -0.1) is 0 Å². The molecule has 0 radical (unpaired) electrons. The lowest BCUT2D eigenvalue weighted by atomic mass is 10.1. The second-order valence-electron chi connectivity index (χ2n) is 4.26. The number of nitrogens with zero attached hydrogens (tertiary/aromatic N) is 2. The number of hydrazone groups is 1. The van der Waals surface area contributed by atoms with Gasteiger partial charge in [-0.05, 0) is 19.1 Å². The molecule has 17 heavy (non-hydrogen) atoms. The summed E-state index contributed by atoms with van der Waals surface area (Å²) in [6, 6.07) is 6.80. The molecule has 0 spiro atoms. The normalized spacial score (nSPS) is 26.3. The maximum Gasteiger partial charge on any atom is 0.259 e. The van der Waals surface area contributed by atoms with E-state index in [0.717, 1.165) is 5.56 Å². The Hall–Kier alpha value is -2.17. The first-order chi connectivity index (χ1) is 8.18. The third-order valence-corrected chi connectivity index (χ3v) is 3.09. The van der Waals surface area contributed by atoms with Crippen LogP contribution in [-0.4, -0.2) is 24.1 Å². The molecule has 2 atom stereocenters. The van der Waals surface area contributed by atoms with Crippen LogP contribution in [0.5, 0.6) is 0 Å². The maximum absolute atomic E-state index is 12.1. The number of rotatable bonds is 1. The lowest BCUT2D eigenvalue weighted by molar-refractivity contribution is -0.122. The Morgan fingerprint density at radius 2 is 1.88 bits per heavy atom.